The minimum atomic E-state index is 0.751. The number of benzene rings is 6. The number of rotatable bonds is 37. The highest BCUT2D eigenvalue weighted by Gasteiger charge is 2.28. The second-order valence-corrected chi connectivity index (χ2v) is 36.8. The van der Waals surface area contributed by atoms with Crippen molar-refractivity contribution < 1.29 is 18.9 Å². The lowest BCUT2D eigenvalue weighted by atomic mass is 9.77. The second-order valence-electron chi connectivity index (χ2n) is 36.8. The number of methoxy groups -OCH3 is 1. The van der Waals surface area contributed by atoms with Crippen molar-refractivity contribution >= 4 is 0 Å². The van der Waals surface area contributed by atoms with E-state index in [0.29, 0.717) is 0 Å². The third-order valence-electron chi connectivity index (χ3n) is 27.9. The molecule has 0 aromatic heterocycles. The molecule has 0 saturated heterocycles. The largest absolute Gasteiger partial charge is 0.497 e. The normalized spacial score (nSPS) is 23.2. The van der Waals surface area contributed by atoms with Gasteiger partial charge in [-0.1, -0.05) is 299 Å². The van der Waals surface area contributed by atoms with E-state index >= 15 is 0 Å². The van der Waals surface area contributed by atoms with E-state index < -0.39 is 0 Å². The minimum absolute atomic E-state index is 0.751. The molecule has 4 heteroatoms. The molecule has 0 unspecified atom stereocenters. The van der Waals surface area contributed by atoms with Crippen LogP contribution in [-0.4, -0.2) is 26.9 Å². The van der Waals surface area contributed by atoms with E-state index in [1.54, 1.807) is 18.2 Å². The number of aryl methyl sites for hydroxylation is 2. The van der Waals surface area contributed by atoms with Crippen LogP contribution in [-0.2, 0) is 6.42 Å². The first-order chi connectivity index (χ1) is 56.4. The summed E-state index contributed by atoms with van der Waals surface area (Å²) in [6, 6.07) is 53.9. The van der Waals surface area contributed by atoms with Gasteiger partial charge in [-0.2, -0.15) is 0 Å². The lowest BCUT2D eigenvalue weighted by Crippen LogP contribution is -2.13. The van der Waals surface area contributed by atoms with Gasteiger partial charge in [0.15, 0.2) is 0 Å². The van der Waals surface area contributed by atoms with Gasteiger partial charge in [-0.3, -0.25) is 0 Å². The molecular formula is C111H174O4. The Balaban J connectivity index is 0.000000191. The fourth-order valence-electron chi connectivity index (χ4n) is 20.5. The third kappa shape index (κ3) is 37.8. The fraction of sp³-hybridized carbons (Fsp3) is 0.676. The molecule has 0 heterocycles. The molecule has 642 valence electrons. The molecule has 0 amide bonds. The average molecular weight is 1570 g/mol. The molecule has 115 heavy (non-hydrogen) atoms. The molecule has 0 spiro atoms. The Morgan fingerprint density at radius 1 is 0.226 bits per heavy atom. The molecule has 6 aromatic carbocycles. The minimum Gasteiger partial charge on any atom is -0.497 e. The van der Waals surface area contributed by atoms with Gasteiger partial charge in [0.2, 0.25) is 0 Å². The molecular weight excluding hydrogens is 1400 g/mol. The summed E-state index contributed by atoms with van der Waals surface area (Å²) in [5, 5.41) is 0. The Bertz CT molecular complexity index is 3150. The molecule has 12 rings (SSSR count). The zero-order valence-corrected chi connectivity index (χ0v) is 76.5. The summed E-state index contributed by atoms with van der Waals surface area (Å²) in [6.07, 6.45) is 67.1. The summed E-state index contributed by atoms with van der Waals surface area (Å²) in [5.41, 5.74) is 12.1. The third-order valence-corrected chi connectivity index (χ3v) is 27.9. The average Bonchev–Trinajstić information content (AvgIpc) is 0.888. The van der Waals surface area contributed by atoms with Crippen LogP contribution in [0.2, 0.25) is 0 Å². The molecule has 6 fully saturated rings. The van der Waals surface area contributed by atoms with E-state index in [2.05, 4.69) is 208 Å². The van der Waals surface area contributed by atoms with Gasteiger partial charge in [-0.25, -0.2) is 0 Å². The number of unbranched alkanes of at least 4 members (excludes halogenated alkanes) is 9. The molecule has 6 aliphatic carbocycles. The molecule has 0 radical (unpaired) electrons. The van der Waals surface area contributed by atoms with Gasteiger partial charge in [0, 0.05) is 0 Å². The summed E-state index contributed by atoms with van der Waals surface area (Å²) in [7, 11) is 1.73. The Morgan fingerprint density at radius 2 is 0.470 bits per heavy atom. The van der Waals surface area contributed by atoms with E-state index in [4.69, 9.17) is 18.9 Å². The predicted molar refractivity (Wildman–Crippen MR) is 501 cm³/mol. The summed E-state index contributed by atoms with van der Waals surface area (Å²) in [4.78, 5) is 0. The van der Waals surface area contributed by atoms with Crippen LogP contribution in [0.1, 0.15) is 451 Å². The van der Waals surface area contributed by atoms with Crippen LogP contribution in [0.3, 0.4) is 0 Å². The van der Waals surface area contributed by atoms with E-state index in [-0.39, 0.29) is 0 Å². The Morgan fingerprint density at radius 3 is 0.739 bits per heavy atom. The zero-order chi connectivity index (χ0) is 81.7. The van der Waals surface area contributed by atoms with E-state index in [1.807, 2.05) is 13.8 Å². The van der Waals surface area contributed by atoms with Crippen molar-refractivity contribution in [2.75, 3.05) is 26.9 Å². The standard InChI is InChI=1S/2C20H32.2C19H30O.C17H26O.C16H24O/c1-3-4-5-6-7-8-18-11-15-20(16-12-18)19-13-9-17(2)10-14-19;1-3-5-6-8-18-11-15-20(16-12-18)19-13-9-17(7-4-2)10-14-19;1-3-5-6-7-16-8-10-17(11-9-16)18-12-14-19(15-13-18)20-4-2;1-3-5-15-20-19-13-11-18(12-14-19)17-9-7-16(6-4-2)8-10-17;1-3-5-14-6-8-15(9-7-14)16-10-12-17(13-11-16)18-4-2;1-3-4-13-5-7-14(8-6-13)15-9-11-16(17-2)12-10-15/h2*9-10,13-14,18,20H,3-8,11-12,15-16H2,1-2H3;12-17H,3-11H2,1-2H3;11-14,16-17H,3-10,15H2,1-2H3;10-15H,3-9H2,1-2H3;9-14H,3-8H2,1-2H3. The molecule has 0 atom stereocenters. The second kappa shape index (κ2) is 59.2. The van der Waals surface area contributed by atoms with Gasteiger partial charge >= 0.3 is 0 Å². The van der Waals surface area contributed by atoms with Gasteiger partial charge in [-0.15, -0.1) is 0 Å². The predicted octanol–water partition coefficient (Wildman–Crippen LogP) is 34.9. The maximum absolute atomic E-state index is 5.74. The fourth-order valence-corrected chi connectivity index (χ4v) is 20.5. The van der Waals surface area contributed by atoms with Crippen molar-refractivity contribution in [1.82, 2.24) is 0 Å². The van der Waals surface area contributed by atoms with Crippen LogP contribution in [0.4, 0.5) is 0 Å². The van der Waals surface area contributed by atoms with Gasteiger partial charge < -0.3 is 18.9 Å². The van der Waals surface area contributed by atoms with Crippen LogP contribution in [0.15, 0.2) is 146 Å². The van der Waals surface area contributed by atoms with Gasteiger partial charge in [-0.05, 0) is 346 Å². The van der Waals surface area contributed by atoms with Gasteiger partial charge in [0.25, 0.3) is 0 Å². The maximum Gasteiger partial charge on any atom is 0.119 e. The highest BCUT2D eigenvalue weighted by atomic mass is 16.5. The molecule has 0 bridgehead atoms. The Kier molecular flexibility index (Phi) is 49.8. The number of hydrogen-bond acceptors (Lipinski definition) is 4. The van der Waals surface area contributed by atoms with E-state index in [0.717, 1.165) is 120 Å². The first-order valence-corrected chi connectivity index (χ1v) is 49.4. The van der Waals surface area contributed by atoms with Crippen LogP contribution < -0.4 is 18.9 Å². The first-order valence-electron chi connectivity index (χ1n) is 49.4. The van der Waals surface area contributed by atoms with Crippen molar-refractivity contribution in [3.8, 4) is 23.0 Å². The zero-order valence-electron chi connectivity index (χ0n) is 76.5. The topological polar surface area (TPSA) is 36.9 Å². The van der Waals surface area contributed by atoms with E-state index in [9.17, 15) is 0 Å². The van der Waals surface area contributed by atoms with Crippen LogP contribution in [0, 0.1) is 42.4 Å². The Hall–Kier alpha value is -5.48. The summed E-state index contributed by atoms with van der Waals surface area (Å²) in [5.74, 6) is 14.9. The summed E-state index contributed by atoms with van der Waals surface area (Å²) in [6.45, 7) is 26.9. The van der Waals surface area contributed by atoms with Gasteiger partial charge in [0.1, 0.15) is 23.0 Å². The van der Waals surface area contributed by atoms with Crippen molar-refractivity contribution in [3.05, 3.63) is 190 Å². The monoisotopic (exact) mass is 1570 g/mol. The van der Waals surface area contributed by atoms with E-state index in [1.165, 1.54) is 335 Å². The highest BCUT2D eigenvalue weighted by molar-refractivity contribution is 5.34. The number of ether oxygens (including phenoxy) is 4. The lowest BCUT2D eigenvalue weighted by molar-refractivity contribution is 0.302. The van der Waals surface area contributed by atoms with Crippen LogP contribution in [0.5, 0.6) is 23.0 Å². The van der Waals surface area contributed by atoms with Crippen molar-refractivity contribution in [2.45, 2.75) is 420 Å². The smallest absolute Gasteiger partial charge is 0.119 e. The molecule has 0 aliphatic heterocycles. The van der Waals surface area contributed by atoms with Crippen molar-refractivity contribution in [3.63, 3.8) is 0 Å². The lowest BCUT2D eigenvalue weighted by Gasteiger charge is -2.29. The molecule has 0 N–H and O–H groups in total. The quantitative estimate of drug-likeness (QED) is 0.0364. The maximum atomic E-state index is 5.74. The molecule has 6 aromatic rings. The summed E-state index contributed by atoms with van der Waals surface area (Å²) >= 11 is 0. The number of hydrogen-bond donors (Lipinski definition) is 0. The van der Waals surface area contributed by atoms with Crippen molar-refractivity contribution in [1.29, 1.82) is 0 Å². The highest BCUT2D eigenvalue weighted by Crippen LogP contribution is 2.44. The molecule has 4 nitrogen and oxygen atoms in total. The SMILES string of the molecule is CCCC1CCC(c2ccc(OC)cc2)CC1.CCCC1CCC(c2ccc(OCC)cc2)CC1.CCCCCC1CCC(c2ccc(CCC)cc2)CC1.CCCCCC1CCC(c2ccc(OCC)cc2)CC1.CCCCCCCC1CCC(c2ccc(C)cc2)CC1.CCCCOc1ccc(C2CCC(CCC)CC2)cc1. The van der Waals surface area contributed by atoms with Crippen LogP contribution >= 0.6 is 0 Å². The van der Waals surface area contributed by atoms with Crippen LogP contribution in [0.25, 0.3) is 0 Å². The van der Waals surface area contributed by atoms with Crippen molar-refractivity contribution in [2.24, 2.45) is 35.5 Å². The summed E-state index contributed by atoms with van der Waals surface area (Å²) < 4.78 is 22.0. The molecule has 6 saturated carbocycles. The molecule has 6 aliphatic rings. The van der Waals surface area contributed by atoms with Gasteiger partial charge in [0.05, 0.1) is 26.9 Å². The Labute approximate surface area is 710 Å². The first kappa shape index (κ1) is 96.6.